The molecule has 0 saturated heterocycles. The van der Waals surface area contributed by atoms with Crippen LogP contribution in [0, 0.1) is 0 Å². The number of hydrogen-bond donors (Lipinski definition) is 2. The number of nitrogens with zero attached hydrogens (tertiary/aromatic N) is 2. The highest BCUT2D eigenvalue weighted by Gasteiger charge is 2.10. The Morgan fingerprint density at radius 1 is 1.23 bits per heavy atom. The number of carbonyl (C=O) groups excluding carboxylic acids is 2. The van der Waals surface area contributed by atoms with Gasteiger partial charge in [0.1, 0.15) is 0 Å². The van der Waals surface area contributed by atoms with Crippen LogP contribution in [-0.4, -0.2) is 29.6 Å². The van der Waals surface area contributed by atoms with Crippen LogP contribution >= 0.6 is 11.6 Å². The van der Waals surface area contributed by atoms with Gasteiger partial charge >= 0.3 is 0 Å². The molecule has 0 aliphatic carbocycles. The summed E-state index contributed by atoms with van der Waals surface area (Å²) in [5.41, 5.74) is 3.38. The van der Waals surface area contributed by atoms with Crippen LogP contribution in [0.5, 0.6) is 0 Å². The van der Waals surface area contributed by atoms with Crippen LogP contribution in [0.25, 0.3) is 0 Å². The maximum absolute atomic E-state index is 11.8. The molecule has 0 aliphatic heterocycles. The molecule has 0 bridgehead atoms. The average Bonchev–Trinajstić information content (AvgIpc) is 2.54. The molecule has 112 valence electrons. The van der Waals surface area contributed by atoms with E-state index in [0.29, 0.717) is 10.6 Å². The average molecular weight is 317 g/mol. The fourth-order valence-electron chi connectivity index (χ4n) is 1.57. The Balaban J connectivity index is 1.80. The van der Waals surface area contributed by atoms with Crippen LogP contribution < -0.4 is 10.7 Å². The van der Waals surface area contributed by atoms with E-state index >= 15 is 0 Å². The molecular formula is C15H13ClN4O2. The number of carbonyl (C=O) groups is 2. The van der Waals surface area contributed by atoms with E-state index in [2.05, 4.69) is 20.8 Å². The van der Waals surface area contributed by atoms with Gasteiger partial charge in [-0.05, 0) is 18.2 Å². The van der Waals surface area contributed by atoms with E-state index in [0.717, 1.165) is 5.56 Å². The molecule has 0 unspecified atom stereocenters. The van der Waals surface area contributed by atoms with E-state index in [1.54, 1.807) is 48.8 Å². The summed E-state index contributed by atoms with van der Waals surface area (Å²) in [5.74, 6) is -0.863. The fraction of sp³-hybridized carbons (Fsp3) is 0.0667. The minimum absolute atomic E-state index is 0.200. The van der Waals surface area contributed by atoms with Crippen LogP contribution in [-0.2, 0) is 4.79 Å². The Kier molecular flexibility index (Phi) is 5.62. The van der Waals surface area contributed by atoms with E-state index in [-0.39, 0.29) is 6.54 Å². The molecule has 0 atom stereocenters. The first-order chi connectivity index (χ1) is 10.7. The fourth-order valence-corrected chi connectivity index (χ4v) is 1.79. The Morgan fingerprint density at radius 2 is 2.05 bits per heavy atom. The molecule has 2 rings (SSSR count). The zero-order valence-corrected chi connectivity index (χ0v) is 12.2. The van der Waals surface area contributed by atoms with Gasteiger partial charge in [-0.15, -0.1) is 0 Å². The smallest absolute Gasteiger partial charge is 0.259 e. The summed E-state index contributed by atoms with van der Waals surface area (Å²) in [4.78, 5) is 27.3. The van der Waals surface area contributed by atoms with Crippen LogP contribution in [0.15, 0.2) is 53.9 Å². The lowest BCUT2D eigenvalue weighted by Crippen LogP contribution is -2.35. The predicted octanol–water partition coefficient (Wildman–Crippen LogP) is 1.62. The zero-order valence-electron chi connectivity index (χ0n) is 11.5. The lowest BCUT2D eigenvalue weighted by atomic mass is 10.2. The number of rotatable bonds is 5. The molecular weight excluding hydrogens is 304 g/mol. The molecule has 2 amide bonds. The van der Waals surface area contributed by atoms with E-state index < -0.39 is 11.8 Å². The number of nitrogens with one attached hydrogen (secondary N) is 2. The van der Waals surface area contributed by atoms with Crippen molar-refractivity contribution in [2.45, 2.75) is 0 Å². The van der Waals surface area contributed by atoms with E-state index in [4.69, 9.17) is 11.6 Å². The van der Waals surface area contributed by atoms with Crippen molar-refractivity contribution in [1.82, 2.24) is 15.7 Å². The Morgan fingerprint density at radius 3 is 2.77 bits per heavy atom. The van der Waals surface area contributed by atoms with Crippen LogP contribution in [0.3, 0.4) is 0 Å². The standard InChI is InChI=1S/C15H13ClN4O2/c16-13-6-2-1-5-12(13)15(22)18-10-14(21)20-19-9-11-4-3-7-17-8-11/h1-9H,10H2,(H,18,22)(H,20,21). The molecule has 0 aliphatic rings. The van der Waals surface area contributed by atoms with Gasteiger partial charge in [-0.1, -0.05) is 29.8 Å². The van der Waals surface area contributed by atoms with Crippen LogP contribution in [0.4, 0.5) is 0 Å². The first kappa shape index (κ1) is 15.7. The normalized spacial score (nSPS) is 10.4. The first-order valence-corrected chi connectivity index (χ1v) is 6.79. The summed E-state index contributed by atoms with van der Waals surface area (Å²) < 4.78 is 0. The van der Waals surface area contributed by atoms with E-state index in [1.807, 2.05) is 0 Å². The highest BCUT2D eigenvalue weighted by atomic mass is 35.5. The van der Waals surface area contributed by atoms with Gasteiger partial charge < -0.3 is 5.32 Å². The van der Waals surface area contributed by atoms with Crippen molar-refractivity contribution in [3.8, 4) is 0 Å². The summed E-state index contributed by atoms with van der Waals surface area (Å²) in [6.45, 7) is -0.200. The van der Waals surface area contributed by atoms with Gasteiger partial charge in [0.2, 0.25) is 0 Å². The number of pyridine rings is 1. The van der Waals surface area contributed by atoms with Gasteiger partial charge in [-0.25, -0.2) is 5.43 Å². The van der Waals surface area contributed by atoms with Gasteiger partial charge in [-0.2, -0.15) is 5.10 Å². The third-order valence-corrected chi connectivity index (χ3v) is 2.94. The third kappa shape index (κ3) is 4.68. The zero-order chi connectivity index (χ0) is 15.8. The number of aromatic nitrogens is 1. The predicted molar refractivity (Wildman–Crippen MR) is 83.8 cm³/mol. The second-order valence-electron chi connectivity index (χ2n) is 4.24. The van der Waals surface area contributed by atoms with Crippen LogP contribution in [0.2, 0.25) is 5.02 Å². The highest BCUT2D eigenvalue weighted by molar-refractivity contribution is 6.33. The molecule has 2 aromatic rings. The van der Waals surface area contributed by atoms with Gasteiger partial charge in [-0.3, -0.25) is 14.6 Å². The number of benzene rings is 1. The van der Waals surface area contributed by atoms with Crippen LogP contribution in [0.1, 0.15) is 15.9 Å². The summed E-state index contributed by atoms with van der Waals surface area (Å²) in [6, 6.07) is 10.2. The quantitative estimate of drug-likeness (QED) is 0.649. The van der Waals surface area contributed by atoms with E-state index in [9.17, 15) is 9.59 Å². The monoisotopic (exact) mass is 316 g/mol. The highest BCUT2D eigenvalue weighted by Crippen LogP contribution is 2.14. The van der Waals surface area contributed by atoms with Crippen molar-refractivity contribution >= 4 is 29.6 Å². The van der Waals surface area contributed by atoms with Crippen molar-refractivity contribution in [2.75, 3.05) is 6.54 Å². The van der Waals surface area contributed by atoms with Crippen molar-refractivity contribution in [2.24, 2.45) is 5.10 Å². The first-order valence-electron chi connectivity index (χ1n) is 6.41. The van der Waals surface area contributed by atoms with Crippen molar-refractivity contribution < 1.29 is 9.59 Å². The molecule has 22 heavy (non-hydrogen) atoms. The SMILES string of the molecule is O=C(CNC(=O)c1ccccc1Cl)NN=Cc1cccnc1. The topological polar surface area (TPSA) is 83.5 Å². The summed E-state index contributed by atoms with van der Waals surface area (Å²) in [6.07, 6.45) is 4.70. The molecule has 0 saturated carbocycles. The van der Waals surface area contributed by atoms with E-state index in [1.165, 1.54) is 6.21 Å². The molecule has 6 nitrogen and oxygen atoms in total. The second-order valence-corrected chi connectivity index (χ2v) is 4.65. The van der Waals surface area contributed by atoms with Crippen molar-refractivity contribution in [3.05, 3.63) is 64.9 Å². The number of hydrogen-bond acceptors (Lipinski definition) is 4. The minimum atomic E-state index is -0.444. The molecule has 0 radical (unpaired) electrons. The molecule has 0 fully saturated rings. The summed E-state index contributed by atoms with van der Waals surface area (Å²) >= 11 is 5.90. The van der Waals surface area contributed by atoms with Gasteiger partial charge in [0.15, 0.2) is 0 Å². The number of amides is 2. The largest absolute Gasteiger partial charge is 0.343 e. The molecule has 7 heteroatoms. The van der Waals surface area contributed by atoms with Gasteiger partial charge in [0.05, 0.1) is 23.3 Å². The summed E-state index contributed by atoms with van der Waals surface area (Å²) in [7, 11) is 0. The number of hydrazone groups is 1. The molecule has 1 aromatic carbocycles. The molecule has 1 aromatic heterocycles. The Hall–Kier alpha value is -2.73. The Labute approximate surface area is 132 Å². The van der Waals surface area contributed by atoms with Crippen molar-refractivity contribution in [3.63, 3.8) is 0 Å². The second kappa shape index (κ2) is 7.90. The minimum Gasteiger partial charge on any atom is -0.343 e. The molecule has 0 spiro atoms. The van der Waals surface area contributed by atoms with Gasteiger partial charge in [0.25, 0.3) is 11.8 Å². The Bertz CT molecular complexity index is 689. The summed E-state index contributed by atoms with van der Waals surface area (Å²) in [5, 5.41) is 6.56. The number of halogens is 1. The third-order valence-electron chi connectivity index (χ3n) is 2.62. The lowest BCUT2D eigenvalue weighted by Gasteiger charge is -2.05. The molecule has 2 N–H and O–H groups in total. The maximum Gasteiger partial charge on any atom is 0.259 e. The maximum atomic E-state index is 11.8. The molecule has 1 heterocycles. The lowest BCUT2D eigenvalue weighted by molar-refractivity contribution is -0.120. The van der Waals surface area contributed by atoms with Crippen molar-refractivity contribution in [1.29, 1.82) is 0 Å². The van der Waals surface area contributed by atoms with Gasteiger partial charge in [0, 0.05) is 18.0 Å².